The third-order valence-corrected chi connectivity index (χ3v) is 3.22. The first-order chi connectivity index (χ1) is 9.49. The molecule has 0 fully saturated rings. The van der Waals surface area contributed by atoms with Crippen LogP contribution >= 0.6 is 11.6 Å². The van der Waals surface area contributed by atoms with E-state index in [9.17, 15) is 0 Å². The molecule has 0 aliphatic heterocycles. The van der Waals surface area contributed by atoms with E-state index in [4.69, 9.17) is 22.1 Å². The van der Waals surface area contributed by atoms with Gasteiger partial charge in [0.05, 0.1) is 7.11 Å². The second kappa shape index (κ2) is 5.96. The minimum Gasteiger partial charge on any atom is -0.481 e. The lowest BCUT2D eigenvalue weighted by Gasteiger charge is -2.19. The Hall–Kier alpha value is -2.01. The molecule has 2 aromatic rings. The first-order valence-corrected chi connectivity index (χ1v) is 6.52. The zero-order valence-electron chi connectivity index (χ0n) is 11.7. The van der Waals surface area contributed by atoms with Gasteiger partial charge >= 0.3 is 0 Å². The number of anilines is 2. The monoisotopic (exact) mass is 292 g/mol. The average molecular weight is 293 g/mol. The first-order valence-electron chi connectivity index (χ1n) is 6.14. The highest BCUT2D eigenvalue weighted by Crippen LogP contribution is 2.22. The standard InChI is InChI=1S/C14H17ClN4O/c1-9-6-13(20-3)18-14(17-9)19(2)8-10-7-11(16)4-5-12(10)15/h4-7H,8,16H2,1-3H3. The maximum atomic E-state index is 6.17. The molecule has 0 saturated carbocycles. The smallest absolute Gasteiger partial charge is 0.228 e. The molecular weight excluding hydrogens is 276 g/mol. The van der Waals surface area contributed by atoms with Gasteiger partial charge in [-0.3, -0.25) is 0 Å². The van der Waals surface area contributed by atoms with Gasteiger partial charge in [-0.2, -0.15) is 4.98 Å². The molecule has 20 heavy (non-hydrogen) atoms. The van der Waals surface area contributed by atoms with Crippen LogP contribution in [0.1, 0.15) is 11.3 Å². The van der Waals surface area contributed by atoms with Crippen molar-refractivity contribution in [2.45, 2.75) is 13.5 Å². The van der Waals surface area contributed by atoms with Crippen LogP contribution in [0.15, 0.2) is 24.3 Å². The summed E-state index contributed by atoms with van der Waals surface area (Å²) in [4.78, 5) is 10.6. The highest BCUT2D eigenvalue weighted by molar-refractivity contribution is 6.31. The van der Waals surface area contributed by atoms with E-state index in [-0.39, 0.29) is 0 Å². The Bertz CT molecular complexity index is 618. The van der Waals surface area contributed by atoms with Gasteiger partial charge in [0.15, 0.2) is 0 Å². The summed E-state index contributed by atoms with van der Waals surface area (Å²) in [5.41, 5.74) is 8.24. The fraction of sp³-hybridized carbons (Fsp3) is 0.286. The molecule has 0 radical (unpaired) electrons. The van der Waals surface area contributed by atoms with Crippen LogP contribution in [0.3, 0.4) is 0 Å². The van der Waals surface area contributed by atoms with E-state index in [2.05, 4.69) is 9.97 Å². The summed E-state index contributed by atoms with van der Waals surface area (Å²) < 4.78 is 5.16. The van der Waals surface area contributed by atoms with Crippen molar-refractivity contribution in [2.24, 2.45) is 0 Å². The summed E-state index contributed by atoms with van der Waals surface area (Å²) in [6.07, 6.45) is 0. The van der Waals surface area contributed by atoms with Gasteiger partial charge in [-0.25, -0.2) is 4.98 Å². The summed E-state index contributed by atoms with van der Waals surface area (Å²) in [5.74, 6) is 1.12. The van der Waals surface area contributed by atoms with Gasteiger partial charge in [0.1, 0.15) is 0 Å². The number of nitrogens with two attached hydrogens (primary N) is 1. The number of benzene rings is 1. The fourth-order valence-corrected chi connectivity index (χ4v) is 2.02. The summed E-state index contributed by atoms with van der Waals surface area (Å²) >= 11 is 6.17. The Kier molecular flexibility index (Phi) is 4.29. The molecule has 0 aliphatic carbocycles. The predicted molar refractivity (Wildman–Crippen MR) is 81.3 cm³/mol. The SMILES string of the molecule is COc1cc(C)nc(N(C)Cc2cc(N)ccc2Cl)n1. The number of rotatable bonds is 4. The Labute approximate surface area is 123 Å². The molecule has 2 rings (SSSR count). The number of aromatic nitrogens is 2. The van der Waals surface area contributed by atoms with Crippen LogP contribution in [0.4, 0.5) is 11.6 Å². The number of nitrogen functional groups attached to an aromatic ring is 1. The Morgan fingerprint density at radius 3 is 2.75 bits per heavy atom. The molecule has 0 atom stereocenters. The minimum atomic E-state index is 0.540. The Morgan fingerprint density at radius 1 is 1.30 bits per heavy atom. The largest absolute Gasteiger partial charge is 0.481 e. The number of nitrogens with zero attached hydrogens (tertiary/aromatic N) is 3. The van der Waals surface area contributed by atoms with E-state index >= 15 is 0 Å². The second-order valence-corrected chi connectivity index (χ2v) is 4.97. The van der Waals surface area contributed by atoms with Gasteiger partial charge in [-0.15, -0.1) is 0 Å². The fourth-order valence-electron chi connectivity index (χ4n) is 1.84. The van der Waals surface area contributed by atoms with E-state index in [0.717, 1.165) is 11.3 Å². The van der Waals surface area contributed by atoms with Crippen LogP contribution in [0, 0.1) is 6.92 Å². The zero-order chi connectivity index (χ0) is 14.7. The molecule has 0 unspecified atom stereocenters. The van der Waals surface area contributed by atoms with Gasteiger partial charge in [-0.1, -0.05) is 11.6 Å². The summed E-state index contributed by atoms with van der Waals surface area (Å²) in [5, 5.41) is 0.672. The van der Waals surface area contributed by atoms with Crippen molar-refractivity contribution in [1.29, 1.82) is 0 Å². The van der Waals surface area contributed by atoms with Crippen molar-refractivity contribution in [3.63, 3.8) is 0 Å². The van der Waals surface area contributed by atoms with Crippen molar-refractivity contribution < 1.29 is 4.74 Å². The Morgan fingerprint density at radius 2 is 2.05 bits per heavy atom. The molecular formula is C14H17ClN4O. The van der Waals surface area contributed by atoms with Crippen molar-refractivity contribution in [3.05, 3.63) is 40.5 Å². The summed E-state index contributed by atoms with van der Waals surface area (Å²) in [6, 6.07) is 7.20. The van der Waals surface area contributed by atoms with E-state index in [1.165, 1.54) is 0 Å². The average Bonchev–Trinajstić information content (AvgIpc) is 2.42. The second-order valence-electron chi connectivity index (χ2n) is 4.56. The molecule has 1 aromatic carbocycles. The highest BCUT2D eigenvalue weighted by Gasteiger charge is 2.10. The van der Waals surface area contributed by atoms with Crippen molar-refractivity contribution in [3.8, 4) is 5.88 Å². The highest BCUT2D eigenvalue weighted by atomic mass is 35.5. The molecule has 0 aliphatic rings. The molecule has 1 aromatic heterocycles. The number of hydrogen-bond acceptors (Lipinski definition) is 5. The molecule has 1 heterocycles. The number of hydrogen-bond donors (Lipinski definition) is 1. The van der Waals surface area contributed by atoms with Crippen molar-refractivity contribution in [1.82, 2.24) is 9.97 Å². The summed E-state index contributed by atoms with van der Waals surface area (Å²) in [7, 11) is 3.48. The predicted octanol–water partition coefficient (Wildman–Crippen LogP) is 2.67. The quantitative estimate of drug-likeness (QED) is 0.878. The van der Waals surface area contributed by atoms with Crippen molar-refractivity contribution >= 4 is 23.2 Å². The molecule has 5 nitrogen and oxygen atoms in total. The lowest BCUT2D eigenvalue weighted by molar-refractivity contribution is 0.396. The van der Waals surface area contributed by atoms with E-state index in [0.29, 0.717) is 29.1 Å². The van der Waals surface area contributed by atoms with Gasteiger partial charge in [0, 0.05) is 36.1 Å². The molecule has 0 saturated heterocycles. The van der Waals surface area contributed by atoms with E-state index < -0.39 is 0 Å². The van der Waals surface area contributed by atoms with Crippen LogP contribution in [0.5, 0.6) is 5.88 Å². The normalized spacial score (nSPS) is 10.4. The maximum Gasteiger partial charge on any atom is 0.228 e. The van der Waals surface area contributed by atoms with Crippen LogP contribution in [-0.4, -0.2) is 24.1 Å². The maximum absolute atomic E-state index is 6.17. The van der Waals surface area contributed by atoms with E-state index in [1.54, 1.807) is 25.3 Å². The van der Waals surface area contributed by atoms with Gasteiger partial charge in [-0.05, 0) is 30.7 Å². The van der Waals surface area contributed by atoms with Crippen molar-refractivity contribution in [2.75, 3.05) is 24.8 Å². The summed E-state index contributed by atoms with van der Waals surface area (Å²) in [6.45, 7) is 2.46. The lowest BCUT2D eigenvalue weighted by Crippen LogP contribution is -2.20. The first kappa shape index (κ1) is 14.4. The molecule has 2 N–H and O–H groups in total. The zero-order valence-corrected chi connectivity index (χ0v) is 12.5. The lowest BCUT2D eigenvalue weighted by atomic mass is 10.2. The number of methoxy groups -OCH3 is 1. The number of halogens is 1. The molecule has 0 amide bonds. The molecule has 106 valence electrons. The van der Waals surface area contributed by atoms with E-state index in [1.807, 2.05) is 24.9 Å². The minimum absolute atomic E-state index is 0.540. The number of ether oxygens (including phenoxy) is 1. The number of aryl methyl sites for hydroxylation is 1. The van der Waals surface area contributed by atoms with Gasteiger partial charge < -0.3 is 15.4 Å². The molecule has 0 spiro atoms. The van der Waals surface area contributed by atoms with Crippen LogP contribution in [0.25, 0.3) is 0 Å². The Balaban J connectivity index is 2.25. The topological polar surface area (TPSA) is 64.3 Å². The van der Waals surface area contributed by atoms with Gasteiger partial charge in [0.25, 0.3) is 0 Å². The molecule has 6 heteroatoms. The van der Waals surface area contributed by atoms with Crippen LogP contribution in [-0.2, 0) is 6.54 Å². The van der Waals surface area contributed by atoms with Crippen LogP contribution < -0.4 is 15.4 Å². The molecule has 0 bridgehead atoms. The van der Waals surface area contributed by atoms with Crippen LogP contribution in [0.2, 0.25) is 5.02 Å². The van der Waals surface area contributed by atoms with Gasteiger partial charge in [0.2, 0.25) is 11.8 Å². The third-order valence-electron chi connectivity index (χ3n) is 2.85. The third kappa shape index (κ3) is 3.30.